The van der Waals surface area contributed by atoms with Gasteiger partial charge >= 0.3 is 5.97 Å². The Labute approximate surface area is 221 Å². The number of nitrogens with one attached hydrogen (secondary N) is 1. The van der Waals surface area contributed by atoms with Gasteiger partial charge in [0.15, 0.2) is 18.1 Å². The number of hydrogen-bond acceptors (Lipinski definition) is 7. The van der Waals surface area contributed by atoms with Crippen molar-refractivity contribution in [2.75, 3.05) is 25.1 Å². The van der Waals surface area contributed by atoms with E-state index in [1.807, 2.05) is 57.2 Å². The molecule has 3 aromatic rings. The van der Waals surface area contributed by atoms with Gasteiger partial charge in [0.1, 0.15) is 5.00 Å². The van der Waals surface area contributed by atoms with E-state index in [4.69, 9.17) is 14.2 Å². The Morgan fingerprint density at radius 1 is 1.00 bits per heavy atom. The largest absolute Gasteiger partial charge is 0.490 e. The number of amides is 1. The summed E-state index contributed by atoms with van der Waals surface area (Å²) in [5, 5.41) is 3.50. The molecule has 1 aliphatic rings. The number of aryl methyl sites for hydroxylation is 2. The quantitative estimate of drug-likeness (QED) is 0.251. The molecule has 2 aromatic carbocycles. The number of fused-ring (bicyclic) bond motifs is 1. The van der Waals surface area contributed by atoms with Gasteiger partial charge in [0.05, 0.1) is 18.8 Å². The molecule has 4 rings (SSSR count). The fraction of sp³-hybridized carbons (Fsp3) is 0.345. The van der Waals surface area contributed by atoms with Crippen LogP contribution in [0.3, 0.4) is 0 Å². The first-order valence-corrected chi connectivity index (χ1v) is 13.4. The second-order valence-corrected chi connectivity index (χ2v) is 9.80. The lowest BCUT2D eigenvalue weighted by Crippen LogP contribution is -2.20. The van der Waals surface area contributed by atoms with Crippen LogP contribution in [-0.4, -0.2) is 37.9 Å². The lowest BCUT2D eigenvalue weighted by Gasteiger charge is -2.13. The van der Waals surface area contributed by atoms with Crippen molar-refractivity contribution in [3.8, 4) is 11.5 Å². The Bertz CT molecular complexity index is 1280. The van der Waals surface area contributed by atoms with E-state index in [-0.39, 0.29) is 18.5 Å². The van der Waals surface area contributed by atoms with E-state index in [1.54, 1.807) is 23.6 Å². The van der Waals surface area contributed by atoms with Gasteiger partial charge < -0.3 is 19.5 Å². The smallest absolute Gasteiger partial charge is 0.341 e. The summed E-state index contributed by atoms with van der Waals surface area (Å²) in [5.74, 6) is 0.421. The SMILES string of the molecule is CCOC(=O)c1c(N=Cc2ccc(OCC(=O)Nc3ccc(C)cc3)c(OCC)c2)sc2c1CCCC2. The Morgan fingerprint density at radius 2 is 1.78 bits per heavy atom. The van der Waals surface area contributed by atoms with Gasteiger partial charge in [0.2, 0.25) is 0 Å². The summed E-state index contributed by atoms with van der Waals surface area (Å²) in [6.45, 7) is 6.31. The minimum Gasteiger partial charge on any atom is -0.490 e. The highest BCUT2D eigenvalue weighted by atomic mass is 32.1. The van der Waals surface area contributed by atoms with Crippen LogP contribution in [0, 0.1) is 6.92 Å². The van der Waals surface area contributed by atoms with Gasteiger partial charge in [0.25, 0.3) is 5.91 Å². The third kappa shape index (κ3) is 6.77. The van der Waals surface area contributed by atoms with Crippen LogP contribution < -0.4 is 14.8 Å². The lowest BCUT2D eigenvalue weighted by molar-refractivity contribution is -0.118. The number of rotatable bonds is 10. The average molecular weight is 521 g/mol. The van der Waals surface area contributed by atoms with Gasteiger partial charge in [-0.05, 0) is 87.9 Å². The molecule has 0 unspecified atom stereocenters. The van der Waals surface area contributed by atoms with Crippen LogP contribution in [0.4, 0.5) is 10.7 Å². The molecule has 0 bridgehead atoms. The summed E-state index contributed by atoms with van der Waals surface area (Å²) in [7, 11) is 0. The number of esters is 1. The van der Waals surface area contributed by atoms with Crippen molar-refractivity contribution in [1.82, 2.24) is 0 Å². The molecule has 0 spiro atoms. The molecule has 1 amide bonds. The van der Waals surface area contributed by atoms with E-state index in [0.717, 1.165) is 42.4 Å². The van der Waals surface area contributed by atoms with Crippen LogP contribution in [0.25, 0.3) is 0 Å². The van der Waals surface area contributed by atoms with Crippen LogP contribution in [0.15, 0.2) is 47.5 Å². The van der Waals surface area contributed by atoms with Gasteiger partial charge in [-0.2, -0.15) is 0 Å². The standard InChI is InChI=1S/C29H32N2O5S/c1-4-34-24-16-20(12-15-23(24)36-18-26(32)31-21-13-10-19(3)11-14-21)17-30-28-27(29(33)35-5-2)22-8-6-7-9-25(22)37-28/h10-17H,4-9,18H2,1-3H3,(H,31,32). The number of anilines is 1. The van der Waals surface area contributed by atoms with Crippen molar-refractivity contribution < 1.29 is 23.8 Å². The molecular formula is C29H32N2O5S. The van der Waals surface area contributed by atoms with Crippen molar-refractivity contribution in [1.29, 1.82) is 0 Å². The number of ether oxygens (including phenoxy) is 3. The molecule has 0 atom stereocenters. The van der Waals surface area contributed by atoms with Gasteiger partial charge in [-0.3, -0.25) is 4.79 Å². The summed E-state index contributed by atoms with van der Waals surface area (Å²) < 4.78 is 16.8. The lowest BCUT2D eigenvalue weighted by atomic mass is 9.95. The van der Waals surface area contributed by atoms with Crippen molar-refractivity contribution in [3.05, 3.63) is 69.6 Å². The molecule has 1 aliphatic carbocycles. The minimum atomic E-state index is -0.309. The maximum atomic E-state index is 12.7. The number of thiophene rings is 1. The van der Waals surface area contributed by atoms with Crippen molar-refractivity contribution in [3.63, 3.8) is 0 Å². The molecule has 1 N–H and O–H groups in total. The van der Waals surface area contributed by atoms with E-state index in [2.05, 4.69) is 10.3 Å². The minimum absolute atomic E-state index is 0.148. The highest BCUT2D eigenvalue weighted by Crippen LogP contribution is 2.40. The fourth-order valence-corrected chi connectivity index (χ4v) is 5.38. The van der Waals surface area contributed by atoms with Gasteiger partial charge in [-0.15, -0.1) is 11.3 Å². The molecule has 0 radical (unpaired) electrons. The number of carbonyl (C=O) groups excluding carboxylic acids is 2. The summed E-state index contributed by atoms with van der Waals surface area (Å²) in [6.07, 6.45) is 5.77. The molecule has 1 aromatic heterocycles. The molecule has 37 heavy (non-hydrogen) atoms. The summed E-state index contributed by atoms with van der Waals surface area (Å²) in [4.78, 5) is 30.9. The van der Waals surface area contributed by atoms with Crippen LogP contribution in [0.1, 0.15) is 58.6 Å². The predicted molar refractivity (Wildman–Crippen MR) is 147 cm³/mol. The van der Waals surface area contributed by atoms with Crippen molar-refractivity contribution in [2.24, 2.45) is 4.99 Å². The molecule has 0 saturated carbocycles. The first-order valence-electron chi connectivity index (χ1n) is 12.6. The Hall–Kier alpha value is -3.65. The highest BCUT2D eigenvalue weighted by Gasteiger charge is 2.26. The summed E-state index contributed by atoms with van der Waals surface area (Å²) >= 11 is 1.57. The Kier molecular flexibility index (Phi) is 8.95. The monoisotopic (exact) mass is 520 g/mol. The van der Waals surface area contributed by atoms with E-state index < -0.39 is 0 Å². The topological polar surface area (TPSA) is 86.2 Å². The molecule has 0 saturated heterocycles. The first kappa shape index (κ1) is 26.4. The maximum Gasteiger partial charge on any atom is 0.341 e. The molecule has 0 aliphatic heterocycles. The van der Waals surface area contributed by atoms with Crippen molar-refractivity contribution >= 4 is 40.1 Å². The first-order chi connectivity index (χ1) is 18.0. The van der Waals surface area contributed by atoms with Gasteiger partial charge in [-0.25, -0.2) is 9.79 Å². The highest BCUT2D eigenvalue weighted by molar-refractivity contribution is 7.16. The average Bonchev–Trinajstić information content (AvgIpc) is 3.27. The van der Waals surface area contributed by atoms with Crippen LogP contribution in [0.2, 0.25) is 0 Å². The predicted octanol–water partition coefficient (Wildman–Crippen LogP) is 6.28. The Balaban J connectivity index is 1.48. The van der Waals surface area contributed by atoms with Gasteiger partial charge in [0, 0.05) is 16.8 Å². The molecule has 0 fully saturated rings. The molecule has 1 heterocycles. The van der Waals surface area contributed by atoms with Crippen molar-refractivity contribution in [2.45, 2.75) is 46.5 Å². The molecule has 8 heteroatoms. The fourth-order valence-electron chi connectivity index (χ4n) is 4.16. The zero-order valence-corrected chi connectivity index (χ0v) is 22.3. The molecular weight excluding hydrogens is 488 g/mol. The number of aliphatic imine (C=N–C) groups is 1. The third-order valence-electron chi connectivity index (χ3n) is 5.92. The number of carbonyl (C=O) groups is 2. The van der Waals surface area contributed by atoms with E-state index in [0.29, 0.717) is 41.0 Å². The Morgan fingerprint density at radius 3 is 2.54 bits per heavy atom. The summed E-state index contributed by atoms with van der Waals surface area (Å²) in [6, 6.07) is 13.0. The molecule has 194 valence electrons. The zero-order chi connectivity index (χ0) is 26.2. The number of hydrogen-bond donors (Lipinski definition) is 1. The van der Waals surface area contributed by atoms with Crippen LogP contribution >= 0.6 is 11.3 Å². The second kappa shape index (κ2) is 12.5. The third-order valence-corrected chi connectivity index (χ3v) is 7.12. The normalized spacial score (nSPS) is 12.7. The van der Waals surface area contributed by atoms with Crippen LogP contribution in [-0.2, 0) is 22.4 Å². The molecule has 7 nitrogen and oxygen atoms in total. The second-order valence-electron chi connectivity index (χ2n) is 8.71. The maximum absolute atomic E-state index is 12.7. The van der Waals surface area contributed by atoms with E-state index >= 15 is 0 Å². The number of nitrogens with zero attached hydrogens (tertiary/aromatic N) is 1. The summed E-state index contributed by atoms with van der Waals surface area (Å²) in [5.41, 5.74) is 4.32. The van der Waals surface area contributed by atoms with Crippen LogP contribution in [0.5, 0.6) is 11.5 Å². The van der Waals surface area contributed by atoms with Gasteiger partial charge in [-0.1, -0.05) is 17.7 Å². The number of benzene rings is 2. The van der Waals surface area contributed by atoms with E-state index in [1.165, 1.54) is 4.88 Å². The zero-order valence-electron chi connectivity index (χ0n) is 21.5. The van der Waals surface area contributed by atoms with E-state index in [9.17, 15) is 9.59 Å².